The molecule has 0 unspecified atom stereocenters. The molecule has 1 amide bonds. The summed E-state index contributed by atoms with van der Waals surface area (Å²) in [6.45, 7) is 11.4. The summed E-state index contributed by atoms with van der Waals surface area (Å²) >= 11 is 0. The molecule has 0 radical (unpaired) electrons. The minimum atomic E-state index is 0.0563. The molecule has 2 aliphatic rings. The molecule has 1 atom stereocenters. The molecule has 0 saturated carbocycles. The van der Waals surface area contributed by atoms with Crippen molar-refractivity contribution in [2.75, 3.05) is 26.2 Å². The van der Waals surface area contributed by atoms with Gasteiger partial charge in [0.05, 0.1) is 6.26 Å². The molecule has 4 heteroatoms. The number of hydrogen-bond donors (Lipinski definition) is 0. The molecular formula is C24H32N2O2. The van der Waals surface area contributed by atoms with Gasteiger partial charge < -0.3 is 9.32 Å². The predicted octanol–water partition coefficient (Wildman–Crippen LogP) is 4.84. The van der Waals surface area contributed by atoms with Crippen molar-refractivity contribution in [1.29, 1.82) is 0 Å². The van der Waals surface area contributed by atoms with Crippen molar-refractivity contribution in [2.45, 2.75) is 52.5 Å². The SMILES string of the molecule is Cc1ccoc1C(=O)N1CC[C@]2(CCCN(Cc3ccc(C(C)C)cc3)C2)C1. The first-order chi connectivity index (χ1) is 13.5. The van der Waals surface area contributed by atoms with Crippen LogP contribution in [0.25, 0.3) is 0 Å². The molecule has 2 aliphatic heterocycles. The van der Waals surface area contributed by atoms with Crippen molar-refractivity contribution in [3.05, 3.63) is 59.0 Å². The topological polar surface area (TPSA) is 36.7 Å². The zero-order valence-electron chi connectivity index (χ0n) is 17.4. The molecular weight excluding hydrogens is 348 g/mol. The zero-order valence-corrected chi connectivity index (χ0v) is 17.4. The monoisotopic (exact) mass is 380 g/mol. The first kappa shape index (κ1) is 19.3. The Morgan fingerprint density at radius 3 is 2.57 bits per heavy atom. The van der Waals surface area contributed by atoms with Crippen molar-refractivity contribution >= 4 is 5.91 Å². The van der Waals surface area contributed by atoms with Gasteiger partial charge in [0.25, 0.3) is 5.91 Å². The summed E-state index contributed by atoms with van der Waals surface area (Å²) in [5.74, 6) is 1.14. The third-order valence-corrected chi connectivity index (χ3v) is 6.57. The molecule has 4 nitrogen and oxygen atoms in total. The number of rotatable bonds is 4. The highest BCUT2D eigenvalue weighted by molar-refractivity contribution is 5.93. The number of carbonyl (C=O) groups is 1. The van der Waals surface area contributed by atoms with Crippen LogP contribution in [0.3, 0.4) is 0 Å². The average molecular weight is 381 g/mol. The third kappa shape index (κ3) is 3.88. The fraction of sp³-hybridized carbons (Fsp3) is 0.542. The molecule has 2 fully saturated rings. The van der Waals surface area contributed by atoms with Gasteiger partial charge in [0.1, 0.15) is 0 Å². The number of furan rings is 1. The summed E-state index contributed by atoms with van der Waals surface area (Å²) in [6.07, 6.45) is 5.14. The number of likely N-dealkylation sites (tertiary alicyclic amines) is 2. The van der Waals surface area contributed by atoms with Crippen molar-refractivity contribution in [1.82, 2.24) is 9.80 Å². The smallest absolute Gasteiger partial charge is 0.289 e. The average Bonchev–Trinajstić information content (AvgIpc) is 3.28. The van der Waals surface area contributed by atoms with E-state index in [1.807, 2.05) is 17.9 Å². The molecule has 28 heavy (non-hydrogen) atoms. The lowest BCUT2D eigenvalue weighted by Gasteiger charge is -2.40. The number of hydrogen-bond acceptors (Lipinski definition) is 3. The minimum absolute atomic E-state index is 0.0563. The van der Waals surface area contributed by atoms with Crippen LogP contribution < -0.4 is 0 Å². The van der Waals surface area contributed by atoms with Crippen LogP contribution in [0.1, 0.15) is 66.3 Å². The van der Waals surface area contributed by atoms with Crippen molar-refractivity contribution in [3.8, 4) is 0 Å². The van der Waals surface area contributed by atoms with E-state index in [0.717, 1.165) is 44.7 Å². The van der Waals surface area contributed by atoms with Crippen molar-refractivity contribution < 1.29 is 9.21 Å². The predicted molar refractivity (Wildman–Crippen MR) is 111 cm³/mol. The van der Waals surface area contributed by atoms with Crippen LogP contribution in [0.15, 0.2) is 41.0 Å². The lowest BCUT2D eigenvalue weighted by atomic mass is 9.79. The number of amides is 1. The quantitative estimate of drug-likeness (QED) is 0.761. The highest BCUT2D eigenvalue weighted by Crippen LogP contribution is 2.40. The summed E-state index contributed by atoms with van der Waals surface area (Å²) in [4.78, 5) is 17.4. The van der Waals surface area contributed by atoms with Gasteiger partial charge in [-0.15, -0.1) is 0 Å². The Morgan fingerprint density at radius 2 is 1.89 bits per heavy atom. The standard InChI is InChI=1S/C24H32N2O2/c1-18(2)21-7-5-20(6-8-21)15-25-12-4-10-24(16-25)11-13-26(17-24)23(27)22-19(3)9-14-28-22/h5-9,14,18H,4,10-13,15-17H2,1-3H3/t24-/m0/s1. The van der Waals surface area contributed by atoms with Gasteiger partial charge >= 0.3 is 0 Å². The van der Waals surface area contributed by atoms with Gasteiger partial charge in [0.15, 0.2) is 5.76 Å². The van der Waals surface area contributed by atoms with Gasteiger partial charge in [-0.05, 0) is 55.8 Å². The lowest BCUT2D eigenvalue weighted by molar-refractivity contribution is 0.0650. The highest BCUT2D eigenvalue weighted by Gasteiger charge is 2.43. The first-order valence-corrected chi connectivity index (χ1v) is 10.6. The maximum absolute atomic E-state index is 12.8. The van der Waals surface area contributed by atoms with Crippen LogP contribution in [0.2, 0.25) is 0 Å². The van der Waals surface area contributed by atoms with Gasteiger partial charge in [0.2, 0.25) is 0 Å². The first-order valence-electron chi connectivity index (χ1n) is 10.6. The number of benzene rings is 1. The third-order valence-electron chi connectivity index (χ3n) is 6.57. The fourth-order valence-electron chi connectivity index (χ4n) is 4.89. The van der Waals surface area contributed by atoms with E-state index in [1.54, 1.807) is 6.26 Å². The van der Waals surface area contributed by atoms with Gasteiger partial charge in [-0.2, -0.15) is 0 Å². The second-order valence-electron chi connectivity index (χ2n) is 9.12. The molecule has 1 aromatic heterocycles. The Labute approximate surface area is 168 Å². The molecule has 1 spiro atoms. The van der Waals surface area contributed by atoms with E-state index in [4.69, 9.17) is 4.42 Å². The number of nitrogens with zero attached hydrogens (tertiary/aromatic N) is 2. The fourth-order valence-corrected chi connectivity index (χ4v) is 4.89. The van der Waals surface area contributed by atoms with E-state index in [0.29, 0.717) is 11.7 Å². The zero-order chi connectivity index (χ0) is 19.7. The van der Waals surface area contributed by atoms with Gasteiger partial charge in [-0.25, -0.2) is 0 Å². The molecule has 0 bridgehead atoms. The second-order valence-corrected chi connectivity index (χ2v) is 9.12. The molecule has 150 valence electrons. The Bertz CT molecular complexity index is 823. The van der Waals surface area contributed by atoms with Crippen LogP contribution in [0, 0.1) is 12.3 Å². The second kappa shape index (κ2) is 7.75. The molecule has 1 aromatic carbocycles. The van der Waals surface area contributed by atoms with E-state index in [1.165, 1.54) is 24.0 Å². The molecule has 2 aromatic rings. The molecule has 2 saturated heterocycles. The van der Waals surface area contributed by atoms with Crippen LogP contribution in [-0.4, -0.2) is 41.9 Å². The molecule has 4 rings (SSSR count). The largest absolute Gasteiger partial charge is 0.459 e. The normalized spacial score (nSPS) is 23.1. The lowest BCUT2D eigenvalue weighted by Crippen LogP contribution is -2.45. The van der Waals surface area contributed by atoms with Crippen LogP contribution in [0.5, 0.6) is 0 Å². The van der Waals surface area contributed by atoms with Crippen LogP contribution in [-0.2, 0) is 6.54 Å². The van der Waals surface area contributed by atoms with Gasteiger partial charge in [-0.1, -0.05) is 38.1 Å². The van der Waals surface area contributed by atoms with Crippen LogP contribution >= 0.6 is 0 Å². The summed E-state index contributed by atoms with van der Waals surface area (Å²) < 4.78 is 5.44. The Kier molecular flexibility index (Phi) is 5.33. The summed E-state index contributed by atoms with van der Waals surface area (Å²) in [6, 6.07) is 11.0. The summed E-state index contributed by atoms with van der Waals surface area (Å²) in [5.41, 5.74) is 3.96. The Hall–Kier alpha value is -2.07. The summed E-state index contributed by atoms with van der Waals surface area (Å²) in [7, 11) is 0. The number of piperidine rings is 1. The van der Waals surface area contributed by atoms with E-state index in [9.17, 15) is 4.79 Å². The Balaban J connectivity index is 1.39. The maximum Gasteiger partial charge on any atom is 0.289 e. The van der Waals surface area contributed by atoms with E-state index >= 15 is 0 Å². The van der Waals surface area contributed by atoms with Crippen molar-refractivity contribution in [3.63, 3.8) is 0 Å². The van der Waals surface area contributed by atoms with Gasteiger partial charge in [0, 0.05) is 37.2 Å². The van der Waals surface area contributed by atoms with E-state index < -0.39 is 0 Å². The minimum Gasteiger partial charge on any atom is -0.459 e. The Morgan fingerprint density at radius 1 is 1.11 bits per heavy atom. The highest BCUT2D eigenvalue weighted by atomic mass is 16.3. The van der Waals surface area contributed by atoms with Gasteiger partial charge in [-0.3, -0.25) is 9.69 Å². The van der Waals surface area contributed by atoms with E-state index in [2.05, 4.69) is 43.0 Å². The van der Waals surface area contributed by atoms with E-state index in [-0.39, 0.29) is 11.3 Å². The molecule has 0 aliphatic carbocycles. The molecule has 0 N–H and O–H groups in total. The summed E-state index contributed by atoms with van der Waals surface area (Å²) in [5, 5.41) is 0. The number of carbonyl (C=O) groups excluding carboxylic acids is 1. The van der Waals surface area contributed by atoms with Crippen molar-refractivity contribution in [2.24, 2.45) is 5.41 Å². The maximum atomic E-state index is 12.8. The van der Waals surface area contributed by atoms with Crippen LogP contribution in [0.4, 0.5) is 0 Å². The number of aryl methyl sites for hydroxylation is 1. The molecule has 3 heterocycles.